The number of halogens is 1. The highest BCUT2D eigenvalue weighted by Crippen LogP contribution is 2.10. The molecular weight excluding hydrogens is 299 g/mol. The van der Waals surface area contributed by atoms with Gasteiger partial charge in [0.1, 0.15) is 11.6 Å². The lowest BCUT2D eigenvalue weighted by molar-refractivity contribution is -0.132. The van der Waals surface area contributed by atoms with Gasteiger partial charge in [-0.2, -0.15) is 0 Å². The van der Waals surface area contributed by atoms with Gasteiger partial charge >= 0.3 is 0 Å². The first-order valence-electron chi connectivity index (χ1n) is 7.09. The molecule has 2 N–H and O–H groups in total. The Hall–Kier alpha value is -2.89. The van der Waals surface area contributed by atoms with Crippen molar-refractivity contribution in [3.63, 3.8) is 0 Å². The SMILES string of the molecule is CC(Oc1ccccc1)C(=O)NNC(=O)Cc1ccc(F)cc1. The van der Waals surface area contributed by atoms with Gasteiger partial charge in [-0.15, -0.1) is 0 Å². The Kier molecular flexibility index (Phi) is 5.68. The fourth-order valence-electron chi connectivity index (χ4n) is 1.82. The van der Waals surface area contributed by atoms with Crippen LogP contribution in [0.25, 0.3) is 0 Å². The summed E-state index contributed by atoms with van der Waals surface area (Å²) in [5, 5.41) is 0. The van der Waals surface area contributed by atoms with Gasteiger partial charge in [0.25, 0.3) is 5.91 Å². The summed E-state index contributed by atoms with van der Waals surface area (Å²) in [4.78, 5) is 23.6. The van der Waals surface area contributed by atoms with E-state index in [1.165, 1.54) is 24.3 Å². The van der Waals surface area contributed by atoms with Crippen LogP contribution in [0.5, 0.6) is 5.75 Å². The third-order valence-corrected chi connectivity index (χ3v) is 3.03. The maximum Gasteiger partial charge on any atom is 0.279 e. The minimum absolute atomic E-state index is 0.0362. The normalized spacial score (nSPS) is 11.4. The van der Waals surface area contributed by atoms with E-state index in [0.717, 1.165) is 0 Å². The minimum Gasteiger partial charge on any atom is -0.481 e. The van der Waals surface area contributed by atoms with Gasteiger partial charge in [-0.3, -0.25) is 20.4 Å². The number of benzene rings is 2. The summed E-state index contributed by atoms with van der Waals surface area (Å²) in [7, 11) is 0. The second kappa shape index (κ2) is 7.93. The number of para-hydroxylation sites is 1. The van der Waals surface area contributed by atoms with E-state index in [1.54, 1.807) is 31.2 Å². The molecule has 23 heavy (non-hydrogen) atoms. The number of ether oxygens (including phenoxy) is 1. The standard InChI is InChI=1S/C17H17FN2O3/c1-12(23-15-5-3-2-4-6-15)17(22)20-19-16(21)11-13-7-9-14(18)10-8-13/h2-10,12H,11H2,1H3,(H,19,21)(H,20,22). The predicted octanol–water partition coefficient (Wildman–Crippen LogP) is 1.98. The summed E-state index contributed by atoms with van der Waals surface area (Å²) < 4.78 is 18.2. The van der Waals surface area contributed by atoms with Gasteiger partial charge < -0.3 is 4.74 Å². The second-order valence-electron chi connectivity index (χ2n) is 4.91. The molecule has 6 heteroatoms. The van der Waals surface area contributed by atoms with Crippen molar-refractivity contribution in [1.29, 1.82) is 0 Å². The smallest absolute Gasteiger partial charge is 0.279 e. The molecule has 2 aromatic carbocycles. The quantitative estimate of drug-likeness (QED) is 0.829. The zero-order valence-corrected chi connectivity index (χ0v) is 12.6. The van der Waals surface area contributed by atoms with E-state index in [0.29, 0.717) is 11.3 Å². The molecule has 2 aromatic rings. The zero-order valence-electron chi connectivity index (χ0n) is 12.6. The Bertz CT molecular complexity index is 659. The molecule has 0 heterocycles. The molecule has 1 atom stereocenters. The zero-order chi connectivity index (χ0) is 16.7. The average Bonchev–Trinajstić information content (AvgIpc) is 2.55. The molecule has 0 fully saturated rings. The van der Waals surface area contributed by atoms with E-state index in [-0.39, 0.29) is 12.2 Å². The van der Waals surface area contributed by atoms with Crippen LogP contribution in [0.4, 0.5) is 4.39 Å². The number of carbonyl (C=O) groups is 2. The summed E-state index contributed by atoms with van der Waals surface area (Å²) in [6.07, 6.45) is -0.724. The third kappa shape index (κ3) is 5.43. The Morgan fingerprint density at radius 2 is 1.70 bits per heavy atom. The molecule has 0 aliphatic heterocycles. The highest BCUT2D eigenvalue weighted by atomic mass is 19.1. The Labute approximate surface area is 133 Å². The van der Waals surface area contributed by atoms with Gasteiger partial charge in [0.15, 0.2) is 6.10 Å². The molecule has 0 aliphatic carbocycles. The van der Waals surface area contributed by atoms with Crippen LogP contribution in [0, 0.1) is 5.82 Å². The number of carbonyl (C=O) groups excluding carboxylic acids is 2. The number of amides is 2. The van der Waals surface area contributed by atoms with E-state index >= 15 is 0 Å². The molecule has 5 nitrogen and oxygen atoms in total. The first kappa shape index (κ1) is 16.5. The number of hydrogen-bond donors (Lipinski definition) is 2. The molecule has 2 rings (SSSR count). The van der Waals surface area contributed by atoms with E-state index in [4.69, 9.17) is 4.74 Å². The number of rotatable bonds is 5. The molecule has 0 saturated heterocycles. The van der Waals surface area contributed by atoms with Crippen LogP contribution in [0.1, 0.15) is 12.5 Å². The topological polar surface area (TPSA) is 67.4 Å². The molecule has 1 unspecified atom stereocenters. The van der Waals surface area contributed by atoms with Crippen molar-refractivity contribution in [2.24, 2.45) is 0 Å². The fraction of sp³-hybridized carbons (Fsp3) is 0.176. The maximum atomic E-state index is 12.8. The summed E-state index contributed by atoms with van der Waals surface area (Å²) in [5.74, 6) is -0.680. The average molecular weight is 316 g/mol. The number of hydrogen-bond acceptors (Lipinski definition) is 3. The lowest BCUT2D eigenvalue weighted by Crippen LogP contribution is -2.47. The number of nitrogens with one attached hydrogen (secondary N) is 2. The van der Waals surface area contributed by atoms with Gasteiger partial charge in [0.05, 0.1) is 6.42 Å². The van der Waals surface area contributed by atoms with Crippen molar-refractivity contribution in [3.8, 4) is 5.75 Å². The highest BCUT2D eigenvalue weighted by Gasteiger charge is 2.15. The Morgan fingerprint density at radius 3 is 2.35 bits per heavy atom. The van der Waals surface area contributed by atoms with Crippen LogP contribution in [-0.2, 0) is 16.0 Å². The molecular formula is C17H17FN2O3. The molecule has 0 radical (unpaired) electrons. The summed E-state index contributed by atoms with van der Waals surface area (Å²) in [6.45, 7) is 1.58. The van der Waals surface area contributed by atoms with Crippen molar-refractivity contribution >= 4 is 11.8 Å². The lowest BCUT2D eigenvalue weighted by atomic mass is 10.1. The summed E-state index contributed by atoms with van der Waals surface area (Å²) in [5.41, 5.74) is 5.24. The van der Waals surface area contributed by atoms with E-state index in [1.807, 2.05) is 6.07 Å². The largest absolute Gasteiger partial charge is 0.481 e. The van der Waals surface area contributed by atoms with Gasteiger partial charge in [-0.1, -0.05) is 30.3 Å². The van der Waals surface area contributed by atoms with E-state index < -0.39 is 17.9 Å². The first-order chi connectivity index (χ1) is 11.0. The van der Waals surface area contributed by atoms with Crippen LogP contribution in [0.15, 0.2) is 54.6 Å². The van der Waals surface area contributed by atoms with Crippen LogP contribution in [-0.4, -0.2) is 17.9 Å². The Balaban J connectivity index is 1.76. The van der Waals surface area contributed by atoms with Crippen molar-refractivity contribution in [2.45, 2.75) is 19.4 Å². The molecule has 0 aliphatic rings. The molecule has 0 bridgehead atoms. The maximum absolute atomic E-state index is 12.8. The monoisotopic (exact) mass is 316 g/mol. The predicted molar refractivity (Wildman–Crippen MR) is 82.9 cm³/mol. The van der Waals surface area contributed by atoms with Gasteiger partial charge in [-0.05, 0) is 36.8 Å². The second-order valence-corrected chi connectivity index (χ2v) is 4.91. The molecule has 120 valence electrons. The lowest BCUT2D eigenvalue weighted by Gasteiger charge is -2.15. The first-order valence-corrected chi connectivity index (χ1v) is 7.09. The van der Waals surface area contributed by atoms with Gasteiger partial charge in [0.2, 0.25) is 5.91 Å². The minimum atomic E-state index is -0.761. The van der Waals surface area contributed by atoms with Crippen LogP contribution >= 0.6 is 0 Å². The number of hydrazine groups is 1. The summed E-state index contributed by atoms with van der Waals surface area (Å²) >= 11 is 0. The fourth-order valence-corrected chi connectivity index (χ4v) is 1.82. The summed E-state index contributed by atoms with van der Waals surface area (Å²) in [6, 6.07) is 14.5. The highest BCUT2D eigenvalue weighted by molar-refractivity contribution is 5.85. The van der Waals surface area contributed by atoms with Crippen molar-refractivity contribution in [2.75, 3.05) is 0 Å². The molecule has 0 aromatic heterocycles. The van der Waals surface area contributed by atoms with Crippen molar-refractivity contribution in [3.05, 3.63) is 66.0 Å². The van der Waals surface area contributed by atoms with E-state index in [9.17, 15) is 14.0 Å². The molecule has 0 spiro atoms. The molecule has 2 amide bonds. The van der Waals surface area contributed by atoms with Gasteiger partial charge in [0, 0.05) is 0 Å². The third-order valence-electron chi connectivity index (χ3n) is 3.03. The Morgan fingerprint density at radius 1 is 1.04 bits per heavy atom. The van der Waals surface area contributed by atoms with E-state index in [2.05, 4.69) is 10.9 Å². The molecule has 0 saturated carbocycles. The van der Waals surface area contributed by atoms with Gasteiger partial charge in [-0.25, -0.2) is 4.39 Å². The van der Waals surface area contributed by atoms with Crippen molar-refractivity contribution < 1.29 is 18.7 Å². The van der Waals surface area contributed by atoms with Crippen LogP contribution in [0.2, 0.25) is 0 Å². The van der Waals surface area contributed by atoms with Crippen molar-refractivity contribution in [1.82, 2.24) is 10.9 Å². The van der Waals surface area contributed by atoms with Crippen LogP contribution < -0.4 is 15.6 Å². The van der Waals surface area contributed by atoms with Crippen LogP contribution in [0.3, 0.4) is 0 Å².